The van der Waals surface area contributed by atoms with Crippen LogP contribution in [0.25, 0.3) is 0 Å². The number of nitrogens with one attached hydrogen (secondary N) is 1. The summed E-state index contributed by atoms with van der Waals surface area (Å²) < 4.78 is 15.6. The Balaban J connectivity index is 2.96. The molecule has 2 N–H and O–H groups in total. The largest absolute Gasteiger partial charge is 0.504 e. The summed E-state index contributed by atoms with van der Waals surface area (Å²) in [6.07, 6.45) is 1.17. The third kappa shape index (κ3) is 7.21. The first-order chi connectivity index (χ1) is 12.2. The molecule has 1 aromatic rings. The van der Waals surface area contributed by atoms with Crippen molar-refractivity contribution in [2.45, 2.75) is 58.6 Å². The van der Waals surface area contributed by atoms with Gasteiger partial charge in [-0.15, -0.1) is 0 Å². The Bertz CT molecular complexity index is 609. The molecule has 7 nitrogen and oxygen atoms in total. The Morgan fingerprint density at radius 2 is 1.96 bits per heavy atom. The number of benzene rings is 1. The zero-order valence-corrected chi connectivity index (χ0v) is 16.1. The van der Waals surface area contributed by atoms with E-state index in [0.717, 1.165) is 12.8 Å². The number of esters is 1. The smallest absolute Gasteiger partial charge is 0.408 e. The first-order valence-electron chi connectivity index (χ1n) is 8.69. The predicted molar refractivity (Wildman–Crippen MR) is 97.4 cm³/mol. The molecule has 0 aliphatic rings. The van der Waals surface area contributed by atoms with Crippen molar-refractivity contribution in [3.8, 4) is 11.5 Å². The van der Waals surface area contributed by atoms with Crippen molar-refractivity contribution in [1.82, 2.24) is 5.32 Å². The molecule has 0 saturated carbocycles. The molecule has 0 aliphatic heterocycles. The Hall–Kier alpha value is -2.44. The van der Waals surface area contributed by atoms with E-state index in [1.807, 2.05) is 6.92 Å². The van der Waals surface area contributed by atoms with Crippen LogP contribution in [0.1, 0.15) is 46.1 Å². The lowest BCUT2D eigenvalue weighted by Gasteiger charge is -2.23. The molecule has 0 radical (unpaired) electrons. The Morgan fingerprint density at radius 3 is 2.54 bits per heavy atom. The summed E-state index contributed by atoms with van der Waals surface area (Å²) >= 11 is 0. The third-order valence-electron chi connectivity index (χ3n) is 3.42. The molecule has 0 unspecified atom stereocenters. The van der Waals surface area contributed by atoms with E-state index in [1.165, 1.54) is 13.2 Å². The summed E-state index contributed by atoms with van der Waals surface area (Å²) in [6.45, 7) is 7.68. The van der Waals surface area contributed by atoms with Gasteiger partial charge in [-0.2, -0.15) is 0 Å². The molecular weight excluding hydrogens is 338 g/mol. The minimum absolute atomic E-state index is 0.0144. The van der Waals surface area contributed by atoms with Gasteiger partial charge < -0.3 is 24.6 Å². The van der Waals surface area contributed by atoms with Crippen LogP contribution >= 0.6 is 0 Å². The number of rotatable bonds is 8. The molecule has 0 saturated heterocycles. The lowest BCUT2D eigenvalue weighted by Crippen LogP contribution is -2.45. The molecule has 0 spiro atoms. The van der Waals surface area contributed by atoms with Gasteiger partial charge in [-0.05, 0) is 33.3 Å². The summed E-state index contributed by atoms with van der Waals surface area (Å²) in [6, 6.07) is 3.93. The summed E-state index contributed by atoms with van der Waals surface area (Å²) in [7, 11) is 1.24. The van der Waals surface area contributed by atoms with E-state index in [-0.39, 0.29) is 12.2 Å². The first-order valence-corrected chi connectivity index (χ1v) is 8.69. The van der Waals surface area contributed by atoms with Crippen molar-refractivity contribution >= 4 is 12.1 Å². The number of hydrogen-bond acceptors (Lipinski definition) is 6. The molecule has 7 heteroatoms. The summed E-state index contributed by atoms with van der Waals surface area (Å²) in [5.41, 5.74) is -0.1000. The number of methoxy groups -OCH3 is 1. The van der Waals surface area contributed by atoms with Crippen molar-refractivity contribution in [2.24, 2.45) is 0 Å². The van der Waals surface area contributed by atoms with E-state index >= 15 is 0 Å². The van der Waals surface area contributed by atoms with Crippen molar-refractivity contribution in [2.75, 3.05) is 13.7 Å². The highest BCUT2D eigenvalue weighted by Gasteiger charge is 2.27. The Morgan fingerprint density at radius 1 is 1.27 bits per heavy atom. The molecule has 0 heterocycles. The zero-order valence-electron chi connectivity index (χ0n) is 16.1. The number of alkyl carbamates (subject to hydrolysis) is 1. The highest BCUT2D eigenvalue weighted by Crippen LogP contribution is 2.31. The maximum absolute atomic E-state index is 12.1. The maximum atomic E-state index is 12.1. The number of hydrogen-bond donors (Lipinski definition) is 2. The number of amides is 1. The lowest BCUT2D eigenvalue weighted by molar-refractivity contribution is -0.143. The van der Waals surface area contributed by atoms with Gasteiger partial charge in [-0.1, -0.05) is 25.5 Å². The van der Waals surface area contributed by atoms with Gasteiger partial charge in [-0.25, -0.2) is 9.59 Å². The standard InChI is InChI=1S/C19H29NO6/c1-6-7-11-25-16-13(9-8-10-15(16)21)12-14(17(22)24-5)20-18(23)26-19(2,3)4/h8-10,14,21H,6-7,11-12H2,1-5H3,(H,20,23)/t14-/m0/s1. The number of phenols is 1. The average Bonchev–Trinajstić information content (AvgIpc) is 2.54. The van der Waals surface area contributed by atoms with Crippen LogP contribution in [0.15, 0.2) is 18.2 Å². The van der Waals surface area contributed by atoms with Crippen LogP contribution < -0.4 is 10.1 Å². The van der Waals surface area contributed by atoms with Crippen molar-refractivity contribution in [3.05, 3.63) is 23.8 Å². The van der Waals surface area contributed by atoms with E-state index in [4.69, 9.17) is 14.2 Å². The SMILES string of the molecule is CCCCOc1c(O)cccc1C[C@H](NC(=O)OC(C)(C)C)C(=O)OC. The van der Waals surface area contributed by atoms with Crippen molar-refractivity contribution in [3.63, 3.8) is 0 Å². The number of carbonyl (C=O) groups excluding carboxylic acids is 2. The number of unbranched alkanes of at least 4 members (excludes halogenated alkanes) is 1. The van der Waals surface area contributed by atoms with Gasteiger partial charge in [0.2, 0.25) is 0 Å². The van der Waals surface area contributed by atoms with Crippen LogP contribution in [0.2, 0.25) is 0 Å². The summed E-state index contributed by atoms with van der Waals surface area (Å²) in [4.78, 5) is 24.1. The molecule has 1 rings (SSSR count). The van der Waals surface area contributed by atoms with Crippen molar-refractivity contribution < 1.29 is 28.9 Å². The minimum Gasteiger partial charge on any atom is -0.504 e. The molecule has 1 aromatic carbocycles. The minimum atomic E-state index is -0.967. The highest BCUT2D eigenvalue weighted by atomic mass is 16.6. The fourth-order valence-electron chi connectivity index (χ4n) is 2.22. The Labute approximate surface area is 154 Å². The summed E-state index contributed by atoms with van der Waals surface area (Å²) in [5.74, 6) is -0.320. The third-order valence-corrected chi connectivity index (χ3v) is 3.42. The molecule has 1 atom stereocenters. The number of phenolic OH excluding ortho intramolecular Hbond substituents is 1. The van der Waals surface area contributed by atoms with Gasteiger partial charge in [0, 0.05) is 12.0 Å². The second-order valence-electron chi connectivity index (χ2n) is 6.89. The van der Waals surface area contributed by atoms with E-state index in [0.29, 0.717) is 17.9 Å². The molecular formula is C19H29NO6. The fourth-order valence-corrected chi connectivity index (χ4v) is 2.22. The van der Waals surface area contributed by atoms with Crippen LogP contribution in [0.5, 0.6) is 11.5 Å². The number of para-hydroxylation sites is 1. The fraction of sp³-hybridized carbons (Fsp3) is 0.579. The lowest BCUT2D eigenvalue weighted by atomic mass is 10.0. The molecule has 146 valence electrons. The molecule has 26 heavy (non-hydrogen) atoms. The van der Waals surface area contributed by atoms with Crippen molar-refractivity contribution in [1.29, 1.82) is 0 Å². The van der Waals surface area contributed by atoms with E-state index in [2.05, 4.69) is 5.32 Å². The Kier molecular flexibility index (Phi) is 8.22. The van der Waals surface area contributed by atoms with Crippen LogP contribution in [0.3, 0.4) is 0 Å². The van der Waals surface area contributed by atoms with Crippen LogP contribution in [-0.2, 0) is 20.7 Å². The monoisotopic (exact) mass is 367 g/mol. The van der Waals surface area contributed by atoms with Gasteiger partial charge in [0.15, 0.2) is 11.5 Å². The topological polar surface area (TPSA) is 94.1 Å². The zero-order chi connectivity index (χ0) is 19.7. The second kappa shape index (κ2) is 9.89. The second-order valence-corrected chi connectivity index (χ2v) is 6.89. The van der Waals surface area contributed by atoms with E-state index in [1.54, 1.807) is 32.9 Å². The highest BCUT2D eigenvalue weighted by molar-refractivity contribution is 5.81. The van der Waals surface area contributed by atoms with Crippen LogP contribution in [0.4, 0.5) is 4.79 Å². The van der Waals surface area contributed by atoms with Gasteiger partial charge in [0.1, 0.15) is 11.6 Å². The summed E-state index contributed by atoms with van der Waals surface area (Å²) in [5, 5.41) is 12.6. The van der Waals surface area contributed by atoms with E-state index in [9.17, 15) is 14.7 Å². The first kappa shape index (κ1) is 21.6. The number of ether oxygens (including phenoxy) is 3. The molecule has 0 aromatic heterocycles. The number of aromatic hydroxyl groups is 1. The van der Waals surface area contributed by atoms with Crippen LogP contribution in [-0.4, -0.2) is 42.5 Å². The van der Waals surface area contributed by atoms with Crippen LogP contribution in [0, 0.1) is 0 Å². The maximum Gasteiger partial charge on any atom is 0.408 e. The van der Waals surface area contributed by atoms with E-state index < -0.39 is 23.7 Å². The molecule has 0 fully saturated rings. The number of carbonyl (C=O) groups is 2. The van der Waals surface area contributed by atoms with Gasteiger partial charge in [-0.3, -0.25) is 0 Å². The average molecular weight is 367 g/mol. The molecule has 1 amide bonds. The quantitative estimate of drug-likeness (QED) is 0.541. The van der Waals surface area contributed by atoms with Gasteiger partial charge in [0.25, 0.3) is 0 Å². The predicted octanol–water partition coefficient (Wildman–Crippen LogP) is 3.18. The molecule has 0 aliphatic carbocycles. The molecule has 0 bridgehead atoms. The van der Waals surface area contributed by atoms with Gasteiger partial charge in [0.05, 0.1) is 13.7 Å². The normalized spacial score (nSPS) is 12.2. The van der Waals surface area contributed by atoms with Gasteiger partial charge >= 0.3 is 12.1 Å².